The standard InChI is InChI=1S/C12H19N3O2/c1-10(2)15-8-7-14(12(15)17)9-11(16)13-5-3-4-6-13/h7-8,10H,3-6,9H2,1-2H3. The smallest absolute Gasteiger partial charge is 0.328 e. The molecule has 1 fully saturated rings. The summed E-state index contributed by atoms with van der Waals surface area (Å²) >= 11 is 0. The molecule has 1 aliphatic rings. The van der Waals surface area contributed by atoms with Crippen molar-refractivity contribution in [1.29, 1.82) is 0 Å². The van der Waals surface area contributed by atoms with Crippen LogP contribution in [-0.4, -0.2) is 33.0 Å². The number of carbonyl (C=O) groups is 1. The van der Waals surface area contributed by atoms with E-state index >= 15 is 0 Å². The molecular weight excluding hydrogens is 218 g/mol. The molecule has 94 valence electrons. The first-order valence-electron chi connectivity index (χ1n) is 6.14. The average molecular weight is 237 g/mol. The van der Waals surface area contributed by atoms with Crippen LogP contribution in [0.1, 0.15) is 32.7 Å². The summed E-state index contributed by atoms with van der Waals surface area (Å²) in [6, 6.07) is 0.130. The first-order chi connectivity index (χ1) is 8.09. The molecule has 5 nitrogen and oxygen atoms in total. The normalized spacial score (nSPS) is 15.8. The molecule has 0 radical (unpaired) electrons. The number of nitrogens with zero attached hydrogens (tertiary/aromatic N) is 3. The zero-order chi connectivity index (χ0) is 12.4. The molecule has 2 heterocycles. The molecule has 0 aliphatic carbocycles. The summed E-state index contributed by atoms with van der Waals surface area (Å²) in [6.45, 7) is 5.73. The van der Waals surface area contributed by atoms with Gasteiger partial charge >= 0.3 is 5.69 Å². The molecule has 0 saturated carbocycles. The second-order valence-electron chi connectivity index (χ2n) is 4.80. The Morgan fingerprint density at radius 1 is 1.29 bits per heavy atom. The monoisotopic (exact) mass is 237 g/mol. The van der Waals surface area contributed by atoms with E-state index in [-0.39, 0.29) is 24.2 Å². The Bertz CT molecular complexity index is 453. The molecule has 1 aromatic rings. The molecule has 1 amide bonds. The topological polar surface area (TPSA) is 47.2 Å². The van der Waals surface area contributed by atoms with Gasteiger partial charge in [-0.1, -0.05) is 0 Å². The Morgan fingerprint density at radius 2 is 1.94 bits per heavy atom. The number of imidazole rings is 1. The fourth-order valence-electron chi connectivity index (χ4n) is 2.15. The SMILES string of the molecule is CC(C)n1ccn(CC(=O)N2CCCC2)c1=O. The Morgan fingerprint density at radius 3 is 2.47 bits per heavy atom. The number of hydrogen-bond acceptors (Lipinski definition) is 2. The summed E-state index contributed by atoms with van der Waals surface area (Å²) in [4.78, 5) is 25.7. The van der Waals surface area contributed by atoms with Crippen molar-refractivity contribution < 1.29 is 4.79 Å². The molecule has 1 aliphatic heterocycles. The van der Waals surface area contributed by atoms with Gasteiger partial charge in [-0.3, -0.25) is 13.9 Å². The summed E-state index contributed by atoms with van der Waals surface area (Å²) in [6.07, 6.45) is 5.59. The van der Waals surface area contributed by atoms with Gasteiger partial charge in [0.2, 0.25) is 5.91 Å². The van der Waals surface area contributed by atoms with Crippen molar-refractivity contribution in [3.8, 4) is 0 Å². The van der Waals surface area contributed by atoms with Gasteiger partial charge < -0.3 is 4.90 Å². The quantitative estimate of drug-likeness (QED) is 0.782. The van der Waals surface area contributed by atoms with E-state index < -0.39 is 0 Å². The van der Waals surface area contributed by atoms with E-state index in [0.29, 0.717) is 0 Å². The van der Waals surface area contributed by atoms with Crippen molar-refractivity contribution in [3.05, 3.63) is 22.9 Å². The predicted molar refractivity (Wildman–Crippen MR) is 64.9 cm³/mol. The maximum absolute atomic E-state index is 11.9. The lowest BCUT2D eigenvalue weighted by molar-refractivity contribution is -0.130. The van der Waals surface area contributed by atoms with E-state index in [9.17, 15) is 9.59 Å². The molecule has 0 N–H and O–H groups in total. The highest BCUT2D eigenvalue weighted by atomic mass is 16.2. The molecule has 1 aromatic heterocycles. The number of carbonyl (C=O) groups excluding carboxylic acids is 1. The minimum absolute atomic E-state index is 0.0473. The highest BCUT2D eigenvalue weighted by molar-refractivity contribution is 5.76. The van der Waals surface area contributed by atoms with E-state index in [1.165, 1.54) is 4.57 Å². The molecule has 17 heavy (non-hydrogen) atoms. The highest BCUT2D eigenvalue weighted by Crippen LogP contribution is 2.08. The van der Waals surface area contributed by atoms with Crippen molar-refractivity contribution in [2.45, 2.75) is 39.3 Å². The van der Waals surface area contributed by atoms with Crippen LogP contribution >= 0.6 is 0 Å². The lowest BCUT2D eigenvalue weighted by Crippen LogP contribution is -2.35. The van der Waals surface area contributed by atoms with Gasteiger partial charge in [0.1, 0.15) is 6.54 Å². The molecule has 0 aromatic carbocycles. The average Bonchev–Trinajstić information content (AvgIpc) is 2.89. The van der Waals surface area contributed by atoms with Gasteiger partial charge in [-0.05, 0) is 26.7 Å². The van der Waals surface area contributed by atoms with Crippen LogP contribution < -0.4 is 5.69 Å². The third-order valence-corrected chi connectivity index (χ3v) is 3.19. The fourth-order valence-corrected chi connectivity index (χ4v) is 2.15. The van der Waals surface area contributed by atoms with Crippen LogP contribution in [0.3, 0.4) is 0 Å². The molecule has 1 saturated heterocycles. The summed E-state index contributed by atoms with van der Waals surface area (Å²) in [5, 5.41) is 0. The number of rotatable bonds is 3. The van der Waals surface area contributed by atoms with Crippen LogP contribution in [0.15, 0.2) is 17.2 Å². The van der Waals surface area contributed by atoms with Crippen LogP contribution in [0, 0.1) is 0 Å². The van der Waals surface area contributed by atoms with E-state index in [4.69, 9.17) is 0 Å². The summed E-state index contributed by atoms with van der Waals surface area (Å²) in [5.74, 6) is 0.0473. The minimum atomic E-state index is -0.104. The van der Waals surface area contributed by atoms with Crippen LogP contribution in [-0.2, 0) is 11.3 Å². The van der Waals surface area contributed by atoms with Crippen LogP contribution in [0.5, 0.6) is 0 Å². The second-order valence-corrected chi connectivity index (χ2v) is 4.80. The van der Waals surface area contributed by atoms with Crippen LogP contribution in [0.2, 0.25) is 0 Å². The van der Waals surface area contributed by atoms with Crippen LogP contribution in [0.4, 0.5) is 0 Å². The van der Waals surface area contributed by atoms with Gasteiger partial charge in [-0.25, -0.2) is 4.79 Å². The maximum atomic E-state index is 11.9. The van der Waals surface area contributed by atoms with Crippen molar-refractivity contribution in [3.63, 3.8) is 0 Å². The van der Waals surface area contributed by atoms with Crippen molar-refractivity contribution in [2.24, 2.45) is 0 Å². The zero-order valence-electron chi connectivity index (χ0n) is 10.4. The second kappa shape index (κ2) is 4.77. The van der Waals surface area contributed by atoms with Gasteiger partial charge in [-0.15, -0.1) is 0 Å². The van der Waals surface area contributed by atoms with Gasteiger partial charge in [-0.2, -0.15) is 0 Å². The Labute approximate surface area is 101 Å². The third-order valence-electron chi connectivity index (χ3n) is 3.19. The van der Waals surface area contributed by atoms with Gasteiger partial charge in [0, 0.05) is 31.5 Å². The Hall–Kier alpha value is -1.52. The number of hydrogen-bond donors (Lipinski definition) is 0. The Kier molecular flexibility index (Phi) is 3.36. The van der Waals surface area contributed by atoms with Crippen molar-refractivity contribution in [2.75, 3.05) is 13.1 Å². The van der Waals surface area contributed by atoms with Gasteiger partial charge in [0.25, 0.3) is 0 Å². The third kappa shape index (κ3) is 2.43. The number of aromatic nitrogens is 2. The van der Waals surface area contributed by atoms with E-state index in [1.807, 2.05) is 18.7 Å². The first kappa shape index (κ1) is 12.0. The van der Waals surface area contributed by atoms with Crippen molar-refractivity contribution in [1.82, 2.24) is 14.0 Å². The molecular formula is C12H19N3O2. The van der Waals surface area contributed by atoms with Gasteiger partial charge in [0.15, 0.2) is 0 Å². The van der Waals surface area contributed by atoms with Crippen molar-refractivity contribution >= 4 is 5.91 Å². The van der Waals surface area contributed by atoms with E-state index in [1.54, 1.807) is 17.0 Å². The lowest BCUT2D eigenvalue weighted by atomic mass is 10.4. The summed E-state index contributed by atoms with van der Waals surface area (Å²) in [7, 11) is 0. The van der Waals surface area contributed by atoms with E-state index in [2.05, 4.69) is 0 Å². The number of likely N-dealkylation sites (tertiary alicyclic amines) is 1. The molecule has 5 heteroatoms. The largest absolute Gasteiger partial charge is 0.341 e. The minimum Gasteiger partial charge on any atom is -0.341 e. The summed E-state index contributed by atoms with van der Waals surface area (Å²) < 4.78 is 3.12. The molecule has 0 atom stereocenters. The maximum Gasteiger partial charge on any atom is 0.328 e. The van der Waals surface area contributed by atoms with E-state index in [0.717, 1.165) is 25.9 Å². The zero-order valence-corrected chi connectivity index (χ0v) is 10.4. The highest BCUT2D eigenvalue weighted by Gasteiger charge is 2.19. The molecule has 0 spiro atoms. The molecule has 0 unspecified atom stereocenters. The van der Waals surface area contributed by atoms with Crippen LogP contribution in [0.25, 0.3) is 0 Å². The Balaban J connectivity index is 2.08. The number of amides is 1. The summed E-state index contributed by atoms with van der Waals surface area (Å²) in [5.41, 5.74) is -0.104. The fraction of sp³-hybridized carbons (Fsp3) is 0.667. The molecule has 0 bridgehead atoms. The predicted octanol–water partition coefficient (Wildman–Crippen LogP) is 0.853. The molecule has 2 rings (SSSR count). The lowest BCUT2D eigenvalue weighted by Gasteiger charge is -2.14. The van der Waals surface area contributed by atoms with Gasteiger partial charge in [0.05, 0.1) is 0 Å². The first-order valence-corrected chi connectivity index (χ1v) is 6.14.